The van der Waals surface area contributed by atoms with Crippen molar-refractivity contribution in [3.05, 3.63) is 0 Å². The van der Waals surface area contributed by atoms with Crippen molar-refractivity contribution in [1.82, 2.24) is 5.32 Å². The monoisotopic (exact) mass is 269 g/mol. The molecule has 0 aromatic carbocycles. The van der Waals surface area contributed by atoms with Crippen molar-refractivity contribution >= 4 is 11.9 Å². The summed E-state index contributed by atoms with van der Waals surface area (Å²) in [6, 6.07) is -1.32. The van der Waals surface area contributed by atoms with Gasteiger partial charge in [-0.3, -0.25) is 4.79 Å². The Morgan fingerprint density at radius 3 is 2.06 bits per heavy atom. The van der Waals surface area contributed by atoms with E-state index in [0.717, 1.165) is 0 Å². The van der Waals surface area contributed by atoms with Gasteiger partial charge in [0, 0.05) is 0 Å². The second-order valence-corrected chi connectivity index (χ2v) is 4.50. The fourth-order valence-corrected chi connectivity index (χ4v) is 1.22. The van der Waals surface area contributed by atoms with E-state index in [0.29, 0.717) is 6.42 Å². The maximum absolute atomic E-state index is 12.2. The van der Waals surface area contributed by atoms with Crippen LogP contribution in [0.15, 0.2) is 0 Å². The highest BCUT2D eigenvalue weighted by molar-refractivity contribution is 5.88. The molecule has 7 heteroatoms. The van der Waals surface area contributed by atoms with Gasteiger partial charge in [-0.05, 0) is 18.8 Å². The Bertz CT molecular complexity index is 313. The highest BCUT2D eigenvalue weighted by Crippen LogP contribution is 2.27. The molecule has 1 amide bonds. The van der Waals surface area contributed by atoms with Crippen LogP contribution in [-0.2, 0) is 14.3 Å². The second-order valence-electron chi connectivity index (χ2n) is 4.50. The number of carbonyl (C=O) groups excluding carboxylic acids is 2. The maximum atomic E-state index is 12.2. The molecular formula is C11H18F3NO3. The van der Waals surface area contributed by atoms with Gasteiger partial charge in [0.15, 0.2) is 0 Å². The lowest BCUT2D eigenvalue weighted by Crippen LogP contribution is -2.54. The van der Waals surface area contributed by atoms with Gasteiger partial charge in [0.2, 0.25) is 0 Å². The summed E-state index contributed by atoms with van der Waals surface area (Å²) in [6.07, 6.45) is -4.61. The van der Waals surface area contributed by atoms with Crippen LogP contribution >= 0.6 is 0 Å². The molecule has 0 aromatic heterocycles. The Balaban J connectivity index is 5.02. The number of carbonyl (C=O) groups is 2. The van der Waals surface area contributed by atoms with Crippen molar-refractivity contribution in [2.75, 3.05) is 6.61 Å². The molecule has 0 fully saturated rings. The minimum atomic E-state index is -5.02. The van der Waals surface area contributed by atoms with E-state index in [4.69, 9.17) is 0 Å². The van der Waals surface area contributed by atoms with Crippen LogP contribution in [0.1, 0.15) is 34.1 Å². The predicted molar refractivity (Wildman–Crippen MR) is 58.7 cm³/mol. The number of esters is 1. The van der Waals surface area contributed by atoms with Gasteiger partial charge in [0.25, 0.3) is 0 Å². The average Bonchev–Trinajstić information content (AvgIpc) is 2.24. The van der Waals surface area contributed by atoms with E-state index >= 15 is 0 Å². The molecular weight excluding hydrogens is 251 g/mol. The average molecular weight is 269 g/mol. The van der Waals surface area contributed by atoms with Gasteiger partial charge >= 0.3 is 18.1 Å². The summed E-state index contributed by atoms with van der Waals surface area (Å²) in [7, 11) is 0. The van der Waals surface area contributed by atoms with Gasteiger partial charge in [0.05, 0.1) is 6.61 Å². The van der Waals surface area contributed by atoms with Crippen molar-refractivity contribution in [1.29, 1.82) is 0 Å². The summed E-state index contributed by atoms with van der Waals surface area (Å²) in [5.41, 5.74) is -0.826. The van der Waals surface area contributed by atoms with Crippen LogP contribution in [-0.4, -0.2) is 30.7 Å². The minimum Gasteiger partial charge on any atom is -0.464 e. The van der Waals surface area contributed by atoms with Crippen LogP contribution in [0, 0.1) is 5.41 Å². The first-order valence-electron chi connectivity index (χ1n) is 5.60. The fourth-order valence-electron chi connectivity index (χ4n) is 1.22. The standard InChI is InChI=1S/C11H18F3NO3/c1-5-10(3,4)7(8(16)18-6-2)15-9(17)11(12,13)14/h7H,5-6H2,1-4H3,(H,15,17). The van der Waals surface area contributed by atoms with E-state index in [-0.39, 0.29) is 6.61 Å². The van der Waals surface area contributed by atoms with Crippen LogP contribution < -0.4 is 5.32 Å². The van der Waals surface area contributed by atoms with Crippen molar-refractivity contribution in [3.63, 3.8) is 0 Å². The van der Waals surface area contributed by atoms with Gasteiger partial charge in [0.1, 0.15) is 6.04 Å². The third-order valence-electron chi connectivity index (χ3n) is 2.75. The largest absolute Gasteiger partial charge is 0.471 e. The summed E-state index contributed by atoms with van der Waals surface area (Å²) in [5, 5.41) is 1.69. The molecule has 0 saturated heterocycles. The number of hydrogen-bond acceptors (Lipinski definition) is 3. The fraction of sp³-hybridized carbons (Fsp3) is 0.818. The van der Waals surface area contributed by atoms with E-state index in [1.54, 1.807) is 33.0 Å². The molecule has 0 radical (unpaired) electrons. The Labute approximate surface area is 104 Å². The molecule has 18 heavy (non-hydrogen) atoms. The van der Waals surface area contributed by atoms with E-state index in [2.05, 4.69) is 4.74 Å². The predicted octanol–water partition coefficient (Wildman–Crippen LogP) is 2.03. The first-order valence-corrected chi connectivity index (χ1v) is 5.60. The second kappa shape index (κ2) is 6.06. The lowest BCUT2D eigenvalue weighted by molar-refractivity contribution is -0.177. The molecule has 1 atom stereocenters. The van der Waals surface area contributed by atoms with Crippen LogP contribution in [0.4, 0.5) is 13.2 Å². The first kappa shape index (κ1) is 16.7. The lowest BCUT2D eigenvalue weighted by atomic mass is 9.81. The molecule has 0 rings (SSSR count). The van der Waals surface area contributed by atoms with Crippen LogP contribution in [0.3, 0.4) is 0 Å². The van der Waals surface area contributed by atoms with Crippen molar-refractivity contribution < 1.29 is 27.5 Å². The zero-order valence-corrected chi connectivity index (χ0v) is 10.9. The number of halogens is 3. The highest BCUT2D eigenvalue weighted by atomic mass is 19.4. The third kappa shape index (κ3) is 4.54. The highest BCUT2D eigenvalue weighted by Gasteiger charge is 2.44. The van der Waals surface area contributed by atoms with E-state index in [1.165, 1.54) is 0 Å². The summed E-state index contributed by atoms with van der Waals surface area (Å²) >= 11 is 0. The van der Waals surface area contributed by atoms with E-state index in [9.17, 15) is 22.8 Å². The molecule has 0 aromatic rings. The molecule has 0 bridgehead atoms. The first-order chi connectivity index (χ1) is 8.06. The Kier molecular flexibility index (Phi) is 5.63. The molecule has 1 unspecified atom stereocenters. The quantitative estimate of drug-likeness (QED) is 0.777. The van der Waals surface area contributed by atoms with Gasteiger partial charge < -0.3 is 10.1 Å². The number of hydrogen-bond donors (Lipinski definition) is 1. The van der Waals surface area contributed by atoms with Gasteiger partial charge in [-0.1, -0.05) is 20.8 Å². The molecule has 4 nitrogen and oxygen atoms in total. The van der Waals surface area contributed by atoms with Crippen LogP contribution in [0.25, 0.3) is 0 Å². The lowest BCUT2D eigenvalue weighted by Gasteiger charge is -2.32. The number of ether oxygens (including phenoxy) is 1. The Morgan fingerprint density at radius 2 is 1.72 bits per heavy atom. The molecule has 106 valence electrons. The van der Waals surface area contributed by atoms with Crippen molar-refractivity contribution in [2.45, 2.75) is 46.3 Å². The van der Waals surface area contributed by atoms with E-state index in [1.807, 2.05) is 0 Å². The summed E-state index contributed by atoms with van der Waals surface area (Å²) < 4.78 is 41.2. The smallest absolute Gasteiger partial charge is 0.464 e. The number of rotatable bonds is 5. The van der Waals surface area contributed by atoms with Gasteiger partial charge in [-0.15, -0.1) is 0 Å². The van der Waals surface area contributed by atoms with Gasteiger partial charge in [-0.25, -0.2) is 4.79 Å². The van der Waals surface area contributed by atoms with Crippen LogP contribution in [0.2, 0.25) is 0 Å². The minimum absolute atomic E-state index is 0.0387. The Morgan fingerprint density at radius 1 is 1.22 bits per heavy atom. The summed E-state index contributed by atoms with van der Waals surface area (Å²) in [4.78, 5) is 22.5. The van der Waals surface area contributed by atoms with Gasteiger partial charge in [-0.2, -0.15) is 13.2 Å². The molecule has 0 aliphatic rings. The number of amides is 1. The number of alkyl halides is 3. The topological polar surface area (TPSA) is 55.4 Å². The molecule has 1 N–H and O–H groups in total. The Hall–Kier alpha value is -1.27. The molecule has 0 saturated carbocycles. The molecule has 0 spiro atoms. The molecule has 0 aliphatic carbocycles. The molecule has 0 heterocycles. The van der Waals surface area contributed by atoms with Crippen LogP contribution in [0.5, 0.6) is 0 Å². The SMILES string of the molecule is CCOC(=O)C(NC(=O)C(F)(F)F)C(C)(C)CC. The van der Waals surface area contributed by atoms with E-state index < -0.39 is 29.5 Å². The third-order valence-corrected chi connectivity index (χ3v) is 2.75. The van der Waals surface area contributed by atoms with Crippen molar-refractivity contribution in [3.8, 4) is 0 Å². The summed E-state index contributed by atoms with van der Waals surface area (Å²) in [5.74, 6) is -3.00. The zero-order valence-electron chi connectivity index (χ0n) is 10.9. The van der Waals surface area contributed by atoms with Crippen molar-refractivity contribution in [2.24, 2.45) is 5.41 Å². The summed E-state index contributed by atoms with van der Waals surface area (Å²) in [6.45, 7) is 6.47. The normalized spacial score (nSPS) is 13.9. The molecule has 0 aliphatic heterocycles. The zero-order chi connectivity index (χ0) is 14.6. The number of nitrogens with one attached hydrogen (secondary N) is 1. The maximum Gasteiger partial charge on any atom is 0.471 e.